The summed E-state index contributed by atoms with van der Waals surface area (Å²) in [6, 6.07) is 7.78. The van der Waals surface area contributed by atoms with Gasteiger partial charge in [-0.2, -0.15) is 10.1 Å². The molecule has 1 saturated carbocycles. The first-order chi connectivity index (χ1) is 12.5. The zero-order valence-corrected chi connectivity index (χ0v) is 16.1. The molecule has 1 amide bonds. The Morgan fingerprint density at radius 1 is 1.31 bits per heavy atom. The number of carbonyl (C=O) groups is 1. The third-order valence-electron chi connectivity index (χ3n) is 4.42. The number of hydrogen-bond acceptors (Lipinski definition) is 5. The van der Waals surface area contributed by atoms with E-state index in [1.54, 1.807) is 4.68 Å². The third-order valence-corrected chi connectivity index (χ3v) is 4.94. The number of carbonyl (C=O) groups excluding carboxylic acids is 1. The Morgan fingerprint density at radius 3 is 2.73 bits per heavy atom. The topological polar surface area (TPSA) is 85.8 Å². The Morgan fingerprint density at radius 2 is 2.04 bits per heavy atom. The summed E-state index contributed by atoms with van der Waals surface area (Å²) in [5.41, 5.74) is 2.92. The van der Waals surface area contributed by atoms with Crippen LogP contribution >= 0.6 is 15.9 Å². The fraction of sp³-hybridized carbons (Fsp3) is 0.333. The molecule has 0 bridgehead atoms. The van der Waals surface area contributed by atoms with Crippen LogP contribution in [-0.2, 0) is 6.54 Å². The summed E-state index contributed by atoms with van der Waals surface area (Å²) in [4.78, 5) is 17.0. The lowest BCUT2D eigenvalue weighted by Crippen LogP contribution is -2.24. The van der Waals surface area contributed by atoms with Gasteiger partial charge in [-0.25, -0.2) is 4.68 Å². The zero-order valence-electron chi connectivity index (χ0n) is 14.5. The highest BCUT2D eigenvalue weighted by molar-refractivity contribution is 9.10. The summed E-state index contributed by atoms with van der Waals surface area (Å²) in [6.45, 7) is 3.92. The number of aryl methyl sites for hydroxylation is 1. The molecule has 2 aromatic heterocycles. The molecule has 2 heterocycles. The van der Waals surface area contributed by atoms with Gasteiger partial charge in [0.05, 0.1) is 29.2 Å². The van der Waals surface area contributed by atoms with Gasteiger partial charge in [-0.3, -0.25) is 4.79 Å². The van der Waals surface area contributed by atoms with Crippen LogP contribution in [0.1, 0.15) is 52.2 Å². The number of halogens is 1. The van der Waals surface area contributed by atoms with E-state index in [1.807, 2.05) is 38.1 Å². The van der Waals surface area contributed by atoms with Crippen LogP contribution in [-0.4, -0.2) is 25.8 Å². The number of amides is 1. The SMILES string of the molecule is Cc1nn(-c2ccc(Br)cc2)c(C)c1C(=O)NCc1nc(C2CC2)no1. The van der Waals surface area contributed by atoms with Crippen LogP contribution in [0, 0.1) is 13.8 Å². The van der Waals surface area contributed by atoms with E-state index in [0.717, 1.165) is 34.5 Å². The van der Waals surface area contributed by atoms with Gasteiger partial charge in [0.25, 0.3) is 5.91 Å². The minimum Gasteiger partial charge on any atom is -0.343 e. The number of aromatic nitrogens is 4. The van der Waals surface area contributed by atoms with Crippen LogP contribution in [0.3, 0.4) is 0 Å². The fourth-order valence-corrected chi connectivity index (χ4v) is 3.16. The third kappa shape index (κ3) is 3.29. The van der Waals surface area contributed by atoms with Gasteiger partial charge in [0.15, 0.2) is 5.82 Å². The molecular weight excluding hydrogens is 398 g/mol. The zero-order chi connectivity index (χ0) is 18.3. The lowest BCUT2D eigenvalue weighted by molar-refractivity contribution is 0.0945. The number of nitrogens with zero attached hydrogens (tertiary/aromatic N) is 4. The lowest BCUT2D eigenvalue weighted by Gasteiger charge is -2.06. The van der Waals surface area contributed by atoms with E-state index in [1.165, 1.54) is 0 Å². The number of nitrogens with one attached hydrogen (secondary N) is 1. The molecule has 4 rings (SSSR count). The van der Waals surface area contributed by atoms with Crippen LogP contribution in [0.2, 0.25) is 0 Å². The van der Waals surface area contributed by atoms with Crippen molar-refractivity contribution in [2.45, 2.75) is 39.2 Å². The van der Waals surface area contributed by atoms with Crippen molar-refractivity contribution in [2.24, 2.45) is 0 Å². The Hall–Kier alpha value is -2.48. The van der Waals surface area contributed by atoms with E-state index in [4.69, 9.17) is 4.52 Å². The van der Waals surface area contributed by atoms with Crippen LogP contribution in [0.4, 0.5) is 0 Å². The summed E-state index contributed by atoms with van der Waals surface area (Å²) in [5, 5.41) is 11.3. The molecule has 0 spiro atoms. The first kappa shape index (κ1) is 17.0. The van der Waals surface area contributed by atoms with E-state index in [0.29, 0.717) is 23.1 Å². The summed E-state index contributed by atoms with van der Waals surface area (Å²) >= 11 is 3.42. The highest BCUT2D eigenvalue weighted by Crippen LogP contribution is 2.38. The minimum atomic E-state index is -0.200. The molecule has 8 heteroatoms. The van der Waals surface area contributed by atoms with Gasteiger partial charge in [0, 0.05) is 10.4 Å². The van der Waals surface area contributed by atoms with Crippen molar-refractivity contribution in [1.29, 1.82) is 0 Å². The van der Waals surface area contributed by atoms with Crippen LogP contribution in [0.15, 0.2) is 33.3 Å². The molecule has 3 aromatic rings. The second-order valence-corrected chi connectivity index (χ2v) is 7.35. The molecule has 1 aliphatic carbocycles. The molecule has 0 aliphatic heterocycles. The van der Waals surface area contributed by atoms with Gasteiger partial charge in [-0.05, 0) is 51.0 Å². The lowest BCUT2D eigenvalue weighted by atomic mass is 10.2. The first-order valence-electron chi connectivity index (χ1n) is 8.46. The smallest absolute Gasteiger partial charge is 0.255 e. The van der Waals surface area contributed by atoms with E-state index in [2.05, 4.69) is 36.5 Å². The van der Waals surface area contributed by atoms with Gasteiger partial charge in [0.2, 0.25) is 5.89 Å². The fourth-order valence-electron chi connectivity index (χ4n) is 2.90. The standard InChI is InChI=1S/C18H18BrN5O2/c1-10-16(11(2)24(22-10)14-7-5-13(19)6-8-14)18(25)20-9-15-21-17(23-26-15)12-3-4-12/h5-8,12H,3-4,9H2,1-2H3,(H,20,25). The number of benzene rings is 1. The normalized spacial score (nSPS) is 13.8. The van der Waals surface area contributed by atoms with E-state index in [9.17, 15) is 4.79 Å². The first-order valence-corrected chi connectivity index (χ1v) is 9.25. The Bertz CT molecular complexity index is 957. The Balaban J connectivity index is 1.50. The molecule has 1 fully saturated rings. The molecule has 1 aromatic carbocycles. The highest BCUT2D eigenvalue weighted by atomic mass is 79.9. The second-order valence-electron chi connectivity index (χ2n) is 6.44. The second kappa shape index (κ2) is 6.68. The molecule has 0 radical (unpaired) electrons. The van der Waals surface area contributed by atoms with Gasteiger partial charge < -0.3 is 9.84 Å². The van der Waals surface area contributed by atoms with Crippen molar-refractivity contribution in [2.75, 3.05) is 0 Å². The van der Waals surface area contributed by atoms with Crippen LogP contribution in [0.25, 0.3) is 5.69 Å². The minimum absolute atomic E-state index is 0.200. The van der Waals surface area contributed by atoms with Crippen molar-refractivity contribution in [3.05, 3.63) is 57.4 Å². The largest absolute Gasteiger partial charge is 0.343 e. The van der Waals surface area contributed by atoms with Crippen LogP contribution < -0.4 is 5.32 Å². The Kier molecular flexibility index (Phi) is 4.36. The Labute approximate surface area is 158 Å². The van der Waals surface area contributed by atoms with E-state index in [-0.39, 0.29) is 12.5 Å². The van der Waals surface area contributed by atoms with Crippen molar-refractivity contribution >= 4 is 21.8 Å². The molecule has 0 atom stereocenters. The maximum absolute atomic E-state index is 12.6. The number of rotatable bonds is 5. The van der Waals surface area contributed by atoms with Gasteiger partial charge in [-0.1, -0.05) is 21.1 Å². The summed E-state index contributed by atoms with van der Waals surface area (Å²) < 4.78 is 7.96. The quantitative estimate of drug-likeness (QED) is 0.689. The molecule has 26 heavy (non-hydrogen) atoms. The van der Waals surface area contributed by atoms with Crippen molar-refractivity contribution in [1.82, 2.24) is 25.2 Å². The predicted molar refractivity (Wildman–Crippen MR) is 98.2 cm³/mol. The molecule has 134 valence electrons. The number of hydrogen-bond donors (Lipinski definition) is 1. The monoisotopic (exact) mass is 415 g/mol. The van der Waals surface area contributed by atoms with Crippen molar-refractivity contribution in [3.8, 4) is 5.69 Å². The van der Waals surface area contributed by atoms with Gasteiger partial charge in [-0.15, -0.1) is 0 Å². The average molecular weight is 416 g/mol. The van der Waals surface area contributed by atoms with Crippen LogP contribution in [0.5, 0.6) is 0 Å². The summed E-state index contributed by atoms with van der Waals surface area (Å²) in [7, 11) is 0. The maximum Gasteiger partial charge on any atom is 0.255 e. The molecule has 0 saturated heterocycles. The van der Waals surface area contributed by atoms with Crippen molar-refractivity contribution < 1.29 is 9.32 Å². The average Bonchev–Trinajstić information content (AvgIpc) is 3.29. The van der Waals surface area contributed by atoms with Gasteiger partial charge in [0.1, 0.15) is 0 Å². The van der Waals surface area contributed by atoms with Gasteiger partial charge >= 0.3 is 0 Å². The summed E-state index contributed by atoms with van der Waals surface area (Å²) in [6.07, 6.45) is 2.22. The molecule has 1 N–H and O–H groups in total. The van der Waals surface area contributed by atoms with Crippen molar-refractivity contribution in [3.63, 3.8) is 0 Å². The van der Waals surface area contributed by atoms with E-state index < -0.39 is 0 Å². The molecule has 7 nitrogen and oxygen atoms in total. The maximum atomic E-state index is 12.6. The molecular formula is C18H18BrN5O2. The molecule has 1 aliphatic rings. The van der Waals surface area contributed by atoms with E-state index >= 15 is 0 Å². The predicted octanol–water partition coefficient (Wildman–Crippen LogP) is 3.44. The highest BCUT2D eigenvalue weighted by Gasteiger charge is 2.29. The molecule has 0 unspecified atom stereocenters. The summed E-state index contributed by atoms with van der Waals surface area (Å²) in [5.74, 6) is 1.40.